The molecule has 4 N–H and O–H groups in total. The first-order valence-electron chi connectivity index (χ1n) is 4.14. The van der Waals surface area contributed by atoms with E-state index in [1.807, 2.05) is 0 Å². The van der Waals surface area contributed by atoms with Crippen molar-refractivity contribution in [1.82, 2.24) is 7.94 Å². The van der Waals surface area contributed by atoms with E-state index in [9.17, 15) is 24.6 Å². The van der Waals surface area contributed by atoms with Crippen LogP contribution in [0.15, 0.2) is 24.3 Å². The summed E-state index contributed by atoms with van der Waals surface area (Å²) in [7, 11) is 0. The quantitative estimate of drug-likeness (QED) is 0.598. The lowest BCUT2D eigenvalue weighted by Gasteiger charge is -2.08. The summed E-state index contributed by atoms with van der Waals surface area (Å²) in [5.74, 6) is -1.82. The van der Waals surface area contributed by atoms with Crippen molar-refractivity contribution < 1.29 is 24.6 Å². The standard InChI is InChI=1S/C8H8N2O5S/c11-5-1-2-6(12)9(5)16(15)10-7(13)3-4-8(10)14/h1-4,11-14H. The van der Waals surface area contributed by atoms with E-state index >= 15 is 0 Å². The normalized spacial score (nSPS) is 11.1. The van der Waals surface area contributed by atoms with Crippen molar-refractivity contribution in [2.75, 3.05) is 0 Å². The third-order valence-electron chi connectivity index (χ3n) is 1.91. The third-order valence-corrected chi connectivity index (χ3v) is 3.28. The van der Waals surface area contributed by atoms with E-state index in [2.05, 4.69) is 0 Å². The van der Waals surface area contributed by atoms with Crippen molar-refractivity contribution in [3.05, 3.63) is 24.3 Å². The maximum absolute atomic E-state index is 11.8. The summed E-state index contributed by atoms with van der Waals surface area (Å²) >= 11 is -2.20. The molecule has 8 heteroatoms. The maximum atomic E-state index is 11.8. The van der Waals surface area contributed by atoms with Crippen LogP contribution in [0.2, 0.25) is 0 Å². The number of aromatic nitrogens is 2. The van der Waals surface area contributed by atoms with Crippen LogP contribution in [0.1, 0.15) is 0 Å². The van der Waals surface area contributed by atoms with Crippen LogP contribution in [-0.2, 0) is 11.2 Å². The molecule has 86 valence electrons. The zero-order valence-corrected chi connectivity index (χ0v) is 8.63. The highest BCUT2D eigenvalue weighted by molar-refractivity contribution is 7.82. The monoisotopic (exact) mass is 244 g/mol. The number of rotatable bonds is 2. The van der Waals surface area contributed by atoms with Gasteiger partial charge in [-0.15, -0.1) is 0 Å². The molecule has 0 fully saturated rings. The molecule has 0 spiro atoms. The average molecular weight is 244 g/mol. The Hall–Kier alpha value is -2.09. The minimum Gasteiger partial charge on any atom is -0.494 e. The van der Waals surface area contributed by atoms with Gasteiger partial charge in [-0.2, -0.15) is 7.94 Å². The minimum atomic E-state index is -2.20. The van der Waals surface area contributed by atoms with Crippen LogP contribution in [0.4, 0.5) is 0 Å². The number of hydrogen-bond donors (Lipinski definition) is 4. The number of hydrogen-bond acceptors (Lipinski definition) is 5. The molecule has 16 heavy (non-hydrogen) atoms. The summed E-state index contributed by atoms with van der Waals surface area (Å²) in [5.41, 5.74) is 0. The van der Waals surface area contributed by atoms with E-state index in [0.29, 0.717) is 7.94 Å². The Morgan fingerprint density at radius 2 is 1.00 bits per heavy atom. The van der Waals surface area contributed by atoms with Gasteiger partial charge in [0.1, 0.15) is 0 Å². The second-order valence-corrected chi connectivity index (χ2v) is 4.11. The SMILES string of the molecule is O=S(n1c(O)ccc1O)n1c(O)ccc1O. The molecule has 0 bridgehead atoms. The second-order valence-electron chi connectivity index (χ2n) is 2.92. The van der Waals surface area contributed by atoms with Gasteiger partial charge in [0.15, 0.2) is 0 Å². The van der Waals surface area contributed by atoms with Gasteiger partial charge in [0.25, 0.3) is 0 Å². The lowest BCUT2D eigenvalue weighted by atomic mass is 10.6. The van der Waals surface area contributed by atoms with Gasteiger partial charge < -0.3 is 20.4 Å². The summed E-state index contributed by atoms with van der Waals surface area (Å²) < 4.78 is 13.1. The molecule has 0 radical (unpaired) electrons. The summed E-state index contributed by atoms with van der Waals surface area (Å²) in [6.45, 7) is 0. The molecule has 0 saturated carbocycles. The molecule has 0 atom stereocenters. The van der Waals surface area contributed by atoms with E-state index in [4.69, 9.17) is 0 Å². The fourth-order valence-corrected chi connectivity index (χ4v) is 2.25. The summed E-state index contributed by atoms with van der Waals surface area (Å²) in [6.07, 6.45) is 0. The molecular formula is C8H8N2O5S. The molecule has 7 nitrogen and oxygen atoms in total. The summed E-state index contributed by atoms with van der Waals surface area (Å²) in [5, 5.41) is 37.3. The Labute approximate surface area is 92.1 Å². The molecule has 0 amide bonds. The maximum Gasteiger partial charge on any atom is 0.245 e. The molecule has 0 aliphatic rings. The van der Waals surface area contributed by atoms with Crippen LogP contribution in [0.5, 0.6) is 23.5 Å². The molecule has 2 aromatic heterocycles. The topological polar surface area (TPSA) is 108 Å². The van der Waals surface area contributed by atoms with Gasteiger partial charge in [0, 0.05) is 24.3 Å². The van der Waals surface area contributed by atoms with Crippen LogP contribution in [-0.4, -0.2) is 32.6 Å². The lowest BCUT2D eigenvalue weighted by Crippen LogP contribution is -2.12. The molecule has 2 aromatic rings. The van der Waals surface area contributed by atoms with Gasteiger partial charge in [0.05, 0.1) is 0 Å². The van der Waals surface area contributed by atoms with E-state index in [-0.39, 0.29) is 0 Å². The zero-order valence-electron chi connectivity index (χ0n) is 7.81. The van der Waals surface area contributed by atoms with E-state index in [1.54, 1.807) is 0 Å². The van der Waals surface area contributed by atoms with Crippen LogP contribution < -0.4 is 0 Å². The van der Waals surface area contributed by atoms with Crippen molar-refractivity contribution in [3.8, 4) is 23.5 Å². The molecule has 0 aromatic carbocycles. The Morgan fingerprint density at radius 1 is 0.750 bits per heavy atom. The Morgan fingerprint density at radius 3 is 1.25 bits per heavy atom. The van der Waals surface area contributed by atoms with Gasteiger partial charge >= 0.3 is 0 Å². The Bertz CT molecular complexity index is 472. The Balaban J connectivity index is 2.56. The molecule has 0 saturated heterocycles. The van der Waals surface area contributed by atoms with Crippen LogP contribution in [0.3, 0.4) is 0 Å². The molecule has 2 heterocycles. The van der Waals surface area contributed by atoms with Crippen LogP contribution in [0.25, 0.3) is 0 Å². The van der Waals surface area contributed by atoms with Gasteiger partial charge in [-0.05, 0) is 0 Å². The average Bonchev–Trinajstić information content (AvgIpc) is 2.71. The molecule has 0 unspecified atom stereocenters. The minimum absolute atomic E-state index is 0.455. The van der Waals surface area contributed by atoms with Crippen LogP contribution in [0, 0.1) is 0 Å². The summed E-state index contributed by atoms with van der Waals surface area (Å²) in [4.78, 5) is 0. The molecule has 0 aliphatic heterocycles. The molecular weight excluding hydrogens is 236 g/mol. The first-order valence-corrected chi connectivity index (χ1v) is 5.21. The van der Waals surface area contributed by atoms with Gasteiger partial charge in [0.2, 0.25) is 34.7 Å². The third kappa shape index (κ3) is 1.39. The lowest BCUT2D eigenvalue weighted by molar-refractivity contribution is 0.402. The van der Waals surface area contributed by atoms with Crippen molar-refractivity contribution >= 4 is 11.2 Å². The number of aromatic hydroxyl groups is 4. The first-order chi connectivity index (χ1) is 7.52. The summed E-state index contributed by atoms with van der Waals surface area (Å²) in [6, 6.07) is 4.52. The van der Waals surface area contributed by atoms with Gasteiger partial charge in [-0.25, -0.2) is 4.21 Å². The largest absolute Gasteiger partial charge is 0.494 e. The van der Waals surface area contributed by atoms with Crippen molar-refractivity contribution in [3.63, 3.8) is 0 Å². The smallest absolute Gasteiger partial charge is 0.245 e. The zero-order chi connectivity index (χ0) is 11.9. The Kier molecular flexibility index (Phi) is 2.27. The predicted molar refractivity (Wildman–Crippen MR) is 54.5 cm³/mol. The van der Waals surface area contributed by atoms with E-state index in [1.165, 1.54) is 0 Å². The molecule has 0 aliphatic carbocycles. The van der Waals surface area contributed by atoms with Crippen molar-refractivity contribution in [2.45, 2.75) is 0 Å². The van der Waals surface area contributed by atoms with E-state index < -0.39 is 34.7 Å². The van der Waals surface area contributed by atoms with Crippen LogP contribution >= 0.6 is 0 Å². The first kappa shape index (κ1) is 10.4. The fourth-order valence-electron chi connectivity index (χ4n) is 1.21. The highest BCUT2D eigenvalue weighted by atomic mass is 32.2. The van der Waals surface area contributed by atoms with Gasteiger partial charge in [-0.3, -0.25) is 0 Å². The molecule has 2 rings (SSSR count). The second kappa shape index (κ2) is 3.49. The highest BCUT2D eigenvalue weighted by Crippen LogP contribution is 2.28. The highest BCUT2D eigenvalue weighted by Gasteiger charge is 2.19. The van der Waals surface area contributed by atoms with Gasteiger partial charge in [-0.1, -0.05) is 0 Å². The van der Waals surface area contributed by atoms with E-state index in [0.717, 1.165) is 24.3 Å². The predicted octanol–water partition coefficient (Wildman–Crippen LogP) is 0.0871. The van der Waals surface area contributed by atoms with Crippen molar-refractivity contribution in [2.24, 2.45) is 0 Å². The fraction of sp³-hybridized carbons (Fsp3) is 0. The van der Waals surface area contributed by atoms with Crippen molar-refractivity contribution in [1.29, 1.82) is 0 Å². The number of nitrogens with zero attached hydrogens (tertiary/aromatic N) is 2.